The topological polar surface area (TPSA) is 43.3 Å². The average molecular weight is 399 g/mol. The molecule has 1 unspecified atom stereocenters. The van der Waals surface area contributed by atoms with Crippen molar-refractivity contribution in [2.24, 2.45) is 5.92 Å². The number of methoxy groups -OCH3 is 1. The maximum Gasteiger partial charge on any atom is 0.337 e. The van der Waals surface area contributed by atoms with Crippen molar-refractivity contribution in [1.29, 1.82) is 0 Å². The summed E-state index contributed by atoms with van der Waals surface area (Å²) in [6.07, 6.45) is 2.11. The number of para-hydroxylation sites is 1. The summed E-state index contributed by atoms with van der Waals surface area (Å²) < 4.78 is 7.28. The van der Waals surface area contributed by atoms with Gasteiger partial charge in [-0.25, -0.2) is 4.79 Å². The van der Waals surface area contributed by atoms with Gasteiger partial charge in [0.05, 0.1) is 12.7 Å². The number of hydrogen-bond donors (Lipinski definition) is 1. The third-order valence-corrected chi connectivity index (χ3v) is 5.72. The fraction of sp³-hybridized carbons (Fsp3) is 0.348. The summed E-state index contributed by atoms with van der Waals surface area (Å²) in [5.41, 5.74) is 5.84. The van der Waals surface area contributed by atoms with Gasteiger partial charge in [0.1, 0.15) is 0 Å². The lowest BCUT2D eigenvalue weighted by atomic mass is 10.0. The number of aromatic nitrogens is 1. The molecule has 3 aromatic rings. The number of benzene rings is 2. The van der Waals surface area contributed by atoms with Gasteiger partial charge in [0.15, 0.2) is 0 Å². The molecule has 0 aliphatic carbocycles. The van der Waals surface area contributed by atoms with E-state index in [2.05, 4.69) is 41.1 Å². The molecule has 1 aliphatic rings. The highest BCUT2D eigenvalue weighted by molar-refractivity contribution is 5.89. The third kappa shape index (κ3) is 3.94. The molecule has 0 amide bonds. The highest BCUT2D eigenvalue weighted by Gasteiger charge is 2.20. The van der Waals surface area contributed by atoms with Crippen LogP contribution in [-0.2, 0) is 17.7 Å². The van der Waals surface area contributed by atoms with Crippen molar-refractivity contribution in [2.75, 3.05) is 20.2 Å². The van der Waals surface area contributed by atoms with Crippen LogP contribution >= 0.6 is 12.4 Å². The van der Waals surface area contributed by atoms with Gasteiger partial charge >= 0.3 is 5.97 Å². The summed E-state index contributed by atoms with van der Waals surface area (Å²) >= 11 is 0. The zero-order valence-corrected chi connectivity index (χ0v) is 17.2. The summed E-state index contributed by atoms with van der Waals surface area (Å²) in [6.45, 7) is 5.54. The molecule has 4 rings (SSSR count). The molecule has 148 valence electrons. The molecule has 0 saturated carbocycles. The summed E-state index contributed by atoms with van der Waals surface area (Å²) in [7, 11) is 1.41. The number of halogens is 1. The second-order valence-electron chi connectivity index (χ2n) is 7.42. The van der Waals surface area contributed by atoms with Crippen molar-refractivity contribution in [3.63, 3.8) is 0 Å². The molecule has 1 aliphatic heterocycles. The number of rotatable bonds is 5. The van der Waals surface area contributed by atoms with Gasteiger partial charge in [-0.3, -0.25) is 0 Å². The molecule has 0 spiro atoms. The van der Waals surface area contributed by atoms with Crippen molar-refractivity contribution in [1.82, 2.24) is 9.88 Å². The minimum Gasteiger partial charge on any atom is -0.465 e. The number of carbonyl (C=O) groups is 1. The first kappa shape index (κ1) is 20.4. The monoisotopic (exact) mass is 398 g/mol. The molecule has 1 saturated heterocycles. The Morgan fingerprint density at radius 1 is 1.18 bits per heavy atom. The van der Waals surface area contributed by atoms with Gasteiger partial charge in [-0.1, -0.05) is 30.3 Å². The average Bonchev–Trinajstić information content (AvgIpc) is 3.31. The van der Waals surface area contributed by atoms with Crippen LogP contribution in [0, 0.1) is 12.8 Å². The van der Waals surface area contributed by atoms with E-state index in [4.69, 9.17) is 4.74 Å². The van der Waals surface area contributed by atoms with Crippen molar-refractivity contribution in [2.45, 2.75) is 26.3 Å². The van der Waals surface area contributed by atoms with Gasteiger partial charge in [0, 0.05) is 23.1 Å². The number of nitrogens with zero attached hydrogens (tertiary/aromatic N) is 1. The summed E-state index contributed by atoms with van der Waals surface area (Å²) in [5.74, 6) is 0.409. The highest BCUT2D eigenvalue weighted by Crippen LogP contribution is 2.29. The van der Waals surface area contributed by atoms with E-state index in [1.807, 2.05) is 24.3 Å². The molecular weight excluding hydrogens is 372 g/mol. The van der Waals surface area contributed by atoms with Crippen LogP contribution < -0.4 is 5.32 Å². The summed E-state index contributed by atoms with van der Waals surface area (Å²) in [6, 6.07) is 16.4. The molecule has 1 aromatic heterocycles. The minimum absolute atomic E-state index is 0. The van der Waals surface area contributed by atoms with Gasteiger partial charge in [-0.05, 0) is 68.1 Å². The van der Waals surface area contributed by atoms with Crippen LogP contribution in [0.3, 0.4) is 0 Å². The second kappa shape index (κ2) is 8.80. The fourth-order valence-electron chi connectivity index (χ4n) is 4.17. The number of carbonyl (C=O) groups excluding carboxylic acids is 1. The SMILES string of the molecule is COC(=O)c1ccc(Cc2c(C)n(CC3CCNC3)c3ccccc23)cc1.Cl. The van der Waals surface area contributed by atoms with Gasteiger partial charge in [0.25, 0.3) is 0 Å². The largest absolute Gasteiger partial charge is 0.465 e. The summed E-state index contributed by atoms with van der Waals surface area (Å²) in [5, 5.41) is 4.81. The first-order valence-electron chi connectivity index (χ1n) is 9.62. The van der Waals surface area contributed by atoms with E-state index in [1.165, 1.54) is 41.3 Å². The van der Waals surface area contributed by atoms with E-state index < -0.39 is 0 Å². The standard InChI is InChI=1S/C23H26N2O2.ClH/c1-16-21(13-17-7-9-19(10-8-17)23(26)27-2)20-5-3-4-6-22(20)25(16)15-18-11-12-24-14-18;/h3-10,18,24H,11-15H2,1-2H3;1H. The predicted molar refractivity (Wildman–Crippen MR) is 115 cm³/mol. The van der Waals surface area contributed by atoms with Crippen LogP contribution in [0.1, 0.15) is 33.6 Å². The number of esters is 1. The molecule has 1 atom stereocenters. The van der Waals surface area contributed by atoms with Crippen LogP contribution in [0.5, 0.6) is 0 Å². The normalized spacial score (nSPS) is 16.1. The van der Waals surface area contributed by atoms with E-state index in [9.17, 15) is 4.79 Å². The second-order valence-corrected chi connectivity index (χ2v) is 7.42. The van der Waals surface area contributed by atoms with E-state index in [1.54, 1.807) is 0 Å². The minimum atomic E-state index is -0.292. The van der Waals surface area contributed by atoms with Crippen LogP contribution in [0.25, 0.3) is 10.9 Å². The zero-order chi connectivity index (χ0) is 18.8. The molecule has 1 N–H and O–H groups in total. The van der Waals surface area contributed by atoms with Gasteiger partial charge in [0.2, 0.25) is 0 Å². The van der Waals surface area contributed by atoms with Crippen molar-refractivity contribution < 1.29 is 9.53 Å². The Morgan fingerprint density at radius 3 is 2.61 bits per heavy atom. The Morgan fingerprint density at radius 2 is 1.93 bits per heavy atom. The molecule has 2 aromatic carbocycles. The lowest BCUT2D eigenvalue weighted by molar-refractivity contribution is 0.0600. The molecular formula is C23H27ClN2O2. The van der Waals surface area contributed by atoms with Gasteiger partial charge < -0.3 is 14.6 Å². The Balaban J connectivity index is 0.00000225. The van der Waals surface area contributed by atoms with Crippen LogP contribution in [0.2, 0.25) is 0 Å². The molecule has 1 fully saturated rings. The predicted octanol–water partition coefficient (Wildman–Crippen LogP) is 4.36. The molecule has 28 heavy (non-hydrogen) atoms. The molecule has 2 heterocycles. The lowest BCUT2D eigenvalue weighted by Gasteiger charge is -2.14. The number of ether oxygens (including phenoxy) is 1. The van der Waals surface area contributed by atoms with Crippen molar-refractivity contribution >= 4 is 29.3 Å². The zero-order valence-electron chi connectivity index (χ0n) is 16.4. The van der Waals surface area contributed by atoms with Crippen molar-refractivity contribution in [3.05, 3.63) is 70.9 Å². The molecule has 5 heteroatoms. The van der Waals surface area contributed by atoms with Gasteiger partial charge in [-0.2, -0.15) is 0 Å². The fourth-order valence-corrected chi connectivity index (χ4v) is 4.17. The Labute approximate surface area is 172 Å². The Bertz CT molecular complexity index is 957. The summed E-state index contributed by atoms with van der Waals surface area (Å²) in [4.78, 5) is 11.6. The van der Waals surface area contributed by atoms with E-state index in [0.717, 1.165) is 26.1 Å². The maximum atomic E-state index is 11.6. The number of fused-ring (bicyclic) bond motifs is 1. The first-order valence-corrected chi connectivity index (χ1v) is 9.62. The van der Waals surface area contributed by atoms with Crippen LogP contribution in [0.4, 0.5) is 0 Å². The van der Waals surface area contributed by atoms with Crippen molar-refractivity contribution in [3.8, 4) is 0 Å². The van der Waals surface area contributed by atoms with E-state index in [0.29, 0.717) is 11.5 Å². The van der Waals surface area contributed by atoms with E-state index in [-0.39, 0.29) is 18.4 Å². The smallest absolute Gasteiger partial charge is 0.337 e. The van der Waals surface area contributed by atoms with Crippen LogP contribution in [-0.4, -0.2) is 30.7 Å². The maximum absolute atomic E-state index is 11.6. The Hall–Kier alpha value is -2.30. The van der Waals surface area contributed by atoms with Crippen LogP contribution in [0.15, 0.2) is 48.5 Å². The quantitative estimate of drug-likeness (QED) is 0.649. The molecule has 4 nitrogen and oxygen atoms in total. The van der Waals surface area contributed by atoms with E-state index >= 15 is 0 Å². The Kier molecular flexibility index (Phi) is 6.42. The highest BCUT2D eigenvalue weighted by atomic mass is 35.5. The third-order valence-electron chi connectivity index (χ3n) is 5.72. The van der Waals surface area contributed by atoms with Gasteiger partial charge in [-0.15, -0.1) is 12.4 Å². The lowest BCUT2D eigenvalue weighted by Crippen LogP contribution is -2.15. The number of nitrogens with one attached hydrogen (secondary N) is 1. The first-order chi connectivity index (χ1) is 13.2. The number of hydrogen-bond acceptors (Lipinski definition) is 3. The molecule has 0 bridgehead atoms. The molecule has 0 radical (unpaired) electrons.